The molecule has 0 atom stereocenters. The topological polar surface area (TPSA) is 103 Å². The summed E-state index contributed by atoms with van der Waals surface area (Å²) in [5.41, 5.74) is 6.31. The third-order valence-corrected chi connectivity index (χ3v) is 4.84. The molecule has 0 aromatic carbocycles. The summed E-state index contributed by atoms with van der Waals surface area (Å²) in [6.45, 7) is 4.15. The van der Waals surface area contributed by atoms with E-state index >= 15 is 0 Å². The lowest BCUT2D eigenvalue weighted by atomic mass is 10.4. The molecule has 7 nitrogen and oxygen atoms in total. The third-order valence-electron chi connectivity index (χ3n) is 2.63. The predicted molar refractivity (Wildman–Crippen MR) is 79.8 cm³/mol. The Morgan fingerprint density at radius 1 is 1.45 bits per heavy atom. The number of sulfonamides is 1. The lowest BCUT2D eigenvalue weighted by Gasteiger charge is -2.07. The number of pyridine rings is 1. The number of nitrogens with two attached hydrogens (primary N) is 1. The summed E-state index contributed by atoms with van der Waals surface area (Å²) in [5.74, 6) is 0.197. The normalized spacial score (nSPS) is 11.6. The van der Waals surface area contributed by atoms with Crippen molar-refractivity contribution in [1.29, 1.82) is 0 Å². The van der Waals surface area contributed by atoms with Crippen LogP contribution in [-0.2, 0) is 16.6 Å². The molecule has 2 heterocycles. The van der Waals surface area contributed by atoms with Crippen LogP contribution in [0.1, 0.15) is 12.6 Å². The molecule has 0 spiro atoms. The molecule has 108 valence electrons. The van der Waals surface area contributed by atoms with E-state index in [9.17, 15) is 8.42 Å². The van der Waals surface area contributed by atoms with Gasteiger partial charge in [-0.25, -0.2) is 13.4 Å². The highest BCUT2D eigenvalue weighted by molar-refractivity contribution is 9.10. The van der Waals surface area contributed by atoms with Crippen LogP contribution in [0.3, 0.4) is 0 Å². The Balaban J connectivity index is 2.35. The van der Waals surface area contributed by atoms with Gasteiger partial charge in [0.25, 0.3) is 10.0 Å². The quantitative estimate of drug-likeness (QED) is 0.865. The Hall–Kier alpha value is -1.61. The zero-order valence-electron chi connectivity index (χ0n) is 11.0. The van der Waals surface area contributed by atoms with Crippen molar-refractivity contribution in [2.45, 2.75) is 25.3 Å². The molecular formula is C11H14BrN5O2S. The van der Waals surface area contributed by atoms with E-state index in [4.69, 9.17) is 5.73 Å². The first-order valence-corrected chi connectivity index (χ1v) is 8.10. The van der Waals surface area contributed by atoms with Gasteiger partial charge >= 0.3 is 0 Å². The second kappa shape index (κ2) is 5.41. The molecule has 0 aliphatic heterocycles. The van der Waals surface area contributed by atoms with Gasteiger partial charge in [-0.2, -0.15) is 5.10 Å². The van der Waals surface area contributed by atoms with E-state index in [2.05, 4.69) is 30.7 Å². The largest absolute Gasteiger partial charge is 0.381 e. The SMILES string of the molecule is CCn1cc(S(=O)(=O)Nc2ccc(Br)c(C)n2)c(N)n1. The van der Waals surface area contributed by atoms with Crippen molar-refractivity contribution < 1.29 is 8.42 Å². The maximum atomic E-state index is 12.3. The first-order valence-electron chi connectivity index (χ1n) is 5.82. The van der Waals surface area contributed by atoms with Crippen molar-refractivity contribution in [2.24, 2.45) is 0 Å². The molecule has 9 heteroatoms. The van der Waals surface area contributed by atoms with Gasteiger partial charge in [0.05, 0.1) is 5.69 Å². The standard InChI is InChI=1S/C11H14BrN5O2S/c1-3-17-6-9(11(13)15-17)20(18,19)16-10-5-4-8(12)7(2)14-10/h4-6H,3H2,1-2H3,(H2,13,15)(H,14,16). The second-order valence-corrected chi connectivity index (χ2v) is 6.61. The van der Waals surface area contributed by atoms with Gasteiger partial charge in [0.15, 0.2) is 5.82 Å². The molecule has 0 aliphatic rings. The molecule has 0 saturated heterocycles. The average molecular weight is 360 g/mol. The van der Waals surface area contributed by atoms with Crippen LogP contribution in [0.15, 0.2) is 27.7 Å². The molecule has 0 aliphatic carbocycles. The molecular weight excluding hydrogens is 346 g/mol. The Bertz CT molecular complexity index is 741. The van der Waals surface area contributed by atoms with E-state index in [1.807, 2.05) is 6.92 Å². The smallest absolute Gasteiger partial charge is 0.268 e. The fourth-order valence-electron chi connectivity index (χ4n) is 1.58. The fraction of sp³-hybridized carbons (Fsp3) is 0.273. The zero-order valence-corrected chi connectivity index (χ0v) is 13.4. The molecule has 0 saturated carbocycles. The van der Waals surface area contributed by atoms with E-state index in [1.165, 1.54) is 10.9 Å². The minimum absolute atomic E-state index is 0.0341. The molecule has 2 aromatic rings. The summed E-state index contributed by atoms with van der Waals surface area (Å²) < 4.78 is 29.2. The molecule has 0 bridgehead atoms. The first kappa shape index (κ1) is 14.8. The van der Waals surface area contributed by atoms with Crippen molar-refractivity contribution in [3.63, 3.8) is 0 Å². The molecule has 20 heavy (non-hydrogen) atoms. The van der Waals surface area contributed by atoms with Gasteiger partial charge in [0.2, 0.25) is 0 Å². The second-order valence-electron chi connectivity index (χ2n) is 4.10. The maximum absolute atomic E-state index is 12.3. The number of nitrogens with zero attached hydrogens (tertiary/aromatic N) is 3. The average Bonchev–Trinajstić information content (AvgIpc) is 2.76. The van der Waals surface area contributed by atoms with E-state index < -0.39 is 10.0 Å². The number of hydrogen-bond donors (Lipinski definition) is 2. The van der Waals surface area contributed by atoms with Gasteiger partial charge in [0.1, 0.15) is 10.7 Å². The summed E-state index contributed by atoms with van der Waals surface area (Å²) in [6, 6.07) is 3.29. The van der Waals surface area contributed by atoms with Gasteiger partial charge in [-0.1, -0.05) is 0 Å². The number of anilines is 2. The molecule has 2 aromatic heterocycles. The first-order chi connectivity index (χ1) is 9.33. The Labute approximate surface area is 125 Å². The number of rotatable bonds is 4. The molecule has 0 unspecified atom stereocenters. The Kier molecular flexibility index (Phi) is 4.00. The number of halogens is 1. The van der Waals surface area contributed by atoms with Crippen LogP contribution in [0.2, 0.25) is 0 Å². The number of aryl methyl sites for hydroxylation is 2. The number of aromatic nitrogens is 3. The highest BCUT2D eigenvalue weighted by Gasteiger charge is 2.21. The monoisotopic (exact) mass is 359 g/mol. The van der Waals surface area contributed by atoms with Crippen molar-refractivity contribution in [3.05, 3.63) is 28.5 Å². The molecule has 2 rings (SSSR count). The van der Waals surface area contributed by atoms with Crippen LogP contribution in [0, 0.1) is 6.92 Å². The van der Waals surface area contributed by atoms with Crippen LogP contribution < -0.4 is 10.5 Å². The molecule has 0 radical (unpaired) electrons. The van der Waals surface area contributed by atoms with Gasteiger partial charge in [0, 0.05) is 17.2 Å². The van der Waals surface area contributed by atoms with E-state index in [0.717, 1.165) is 4.47 Å². The number of hydrogen-bond acceptors (Lipinski definition) is 5. The van der Waals surface area contributed by atoms with Gasteiger partial charge < -0.3 is 5.73 Å². The van der Waals surface area contributed by atoms with E-state index in [-0.39, 0.29) is 16.5 Å². The summed E-state index contributed by atoms with van der Waals surface area (Å²) in [6.07, 6.45) is 1.39. The van der Waals surface area contributed by atoms with Crippen molar-refractivity contribution >= 4 is 37.6 Å². The lowest BCUT2D eigenvalue weighted by Crippen LogP contribution is -2.15. The van der Waals surface area contributed by atoms with Crippen LogP contribution in [0.4, 0.5) is 11.6 Å². The van der Waals surface area contributed by atoms with Crippen LogP contribution in [0.25, 0.3) is 0 Å². The number of nitrogen functional groups attached to an aromatic ring is 1. The zero-order chi connectivity index (χ0) is 14.9. The lowest BCUT2D eigenvalue weighted by molar-refractivity contribution is 0.600. The summed E-state index contributed by atoms with van der Waals surface area (Å²) in [5, 5.41) is 3.92. The van der Waals surface area contributed by atoms with Crippen molar-refractivity contribution in [1.82, 2.24) is 14.8 Å². The summed E-state index contributed by atoms with van der Waals surface area (Å²) in [7, 11) is -3.80. The van der Waals surface area contributed by atoms with Crippen LogP contribution in [-0.4, -0.2) is 23.2 Å². The van der Waals surface area contributed by atoms with Gasteiger partial charge in [-0.15, -0.1) is 0 Å². The molecule has 3 N–H and O–H groups in total. The highest BCUT2D eigenvalue weighted by atomic mass is 79.9. The van der Waals surface area contributed by atoms with Crippen molar-refractivity contribution in [2.75, 3.05) is 10.5 Å². The third kappa shape index (κ3) is 2.93. The van der Waals surface area contributed by atoms with Gasteiger partial charge in [-0.05, 0) is 41.9 Å². The van der Waals surface area contributed by atoms with Crippen LogP contribution >= 0.6 is 15.9 Å². The van der Waals surface area contributed by atoms with Crippen molar-refractivity contribution in [3.8, 4) is 0 Å². The fourth-order valence-corrected chi connectivity index (χ4v) is 2.88. The molecule has 0 amide bonds. The minimum atomic E-state index is -3.80. The summed E-state index contributed by atoms with van der Waals surface area (Å²) >= 11 is 3.31. The summed E-state index contributed by atoms with van der Waals surface area (Å²) in [4.78, 5) is 4.08. The number of nitrogens with one attached hydrogen (secondary N) is 1. The Morgan fingerprint density at radius 3 is 2.70 bits per heavy atom. The minimum Gasteiger partial charge on any atom is -0.381 e. The highest BCUT2D eigenvalue weighted by Crippen LogP contribution is 2.21. The van der Waals surface area contributed by atoms with E-state index in [1.54, 1.807) is 19.1 Å². The van der Waals surface area contributed by atoms with E-state index in [0.29, 0.717) is 12.2 Å². The predicted octanol–water partition coefficient (Wildman–Crippen LogP) is 1.75. The van der Waals surface area contributed by atoms with Crippen LogP contribution in [0.5, 0.6) is 0 Å². The maximum Gasteiger partial charge on any atom is 0.268 e. The Morgan fingerprint density at radius 2 is 2.15 bits per heavy atom. The molecule has 0 fully saturated rings. The van der Waals surface area contributed by atoms with Gasteiger partial charge in [-0.3, -0.25) is 9.40 Å².